The van der Waals surface area contributed by atoms with E-state index < -0.39 is 0 Å². The van der Waals surface area contributed by atoms with E-state index in [4.69, 9.17) is 5.73 Å². The molecule has 0 aliphatic carbocycles. The predicted octanol–water partition coefficient (Wildman–Crippen LogP) is 1.45. The molecule has 4 heteroatoms. The van der Waals surface area contributed by atoms with E-state index in [0.717, 1.165) is 5.56 Å². The summed E-state index contributed by atoms with van der Waals surface area (Å²) in [4.78, 5) is 0. The third kappa shape index (κ3) is 4.22. The minimum atomic E-state index is -0.153. The molecule has 0 aliphatic heterocycles. The molecule has 0 bridgehead atoms. The Kier molecular flexibility index (Phi) is 3.92. The van der Waals surface area contributed by atoms with Gasteiger partial charge in [0.15, 0.2) is 0 Å². The topological polar surface area (TPSA) is 62.8 Å². The zero-order chi connectivity index (χ0) is 9.52. The predicted molar refractivity (Wildman–Crippen MR) is 51.8 cm³/mol. The van der Waals surface area contributed by atoms with Gasteiger partial charge in [-0.3, -0.25) is 5.43 Å². The van der Waals surface area contributed by atoms with Gasteiger partial charge in [-0.25, -0.2) is 0 Å². The van der Waals surface area contributed by atoms with Gasteiger partial charge < -0.3 is 5.73 Å². The molecule has 13 heavy (non-hydrogen) atoms. The summed E-state index contributed by atoms with van der Waals surface area (Å²) >= 11 is 0. The van der Waals surface area contributed by atoms with Gasteiger partial charge in [0.1, 0.15) is 0 Å². The summed E-state index contributed by atoms with van der Waals surface area (Å²) in [6.07, 6.45) is -0.153. The molecule has 70 valence electrons. The molecular formula is C9H14N4. The van der Waals surface area contributed by atoms with E-state index in [-0.39, 0.29) is 6.17 Å². The molecule has 0 aliphatic rings. The second-order valence-corrected chi connectivity index (χ2v) is 2.80. The molecule has 0 radical (unpaired) electrons. The van der Waals surface area contributed by atoms with Crippen LogP contribution in [0, 0.1) is 0 Å². The molecular weight excluding hydrogens is 164 g/mol. The second-order valence-electron chi connectivity index (χ2n) is 2.80. The highest BCUT2D eigenvalue weighted by Crippen LogP contribution is 1.99. The summed E-state index contributed by atoms with van der Waals surface area (Å²) in [5.41, 5.74) is 9.20. The summed E-state index contributed by atoms with van der Waals surface area (Å²) in [6, 6.07) is 9.93. The lowest BCUT2D eigenvalue weighted by Crippen LogP contribution is -2.29. The molecule has 4 nitrogen and oxygen atoms in total. The van der Waals surface area contributed by atoms with E-state index >= 15 is 0 Å². The van der Waals surface area contributed by atoms with E-state index in [1.54, 1.807) is 0 Å². The van der Waals surface area contributed by atoms with Crippen molar-refractivity contribution in [2.75, 3.05) is 0 Å². The first-order valence-corrected chi connectivity index (χ1v) is 4.20. The Bertz CT molecular complexity index is 256. The largest absolute Gasteiger partial charge is 0.310 e. The van der Waals surface area contributed by atoms with Crippen LogP contribution in [0.1, 0.15) is 12.5 Å². The van der Waals surface area contributed by atoms with Gasteiger partial charge >= 0.3 is 0 Å². The Hall–Kier alpha value is -1.42. The first kappa shape index (κ1) is 9.67. The van der Waals surface area contributed by atoms with Gasteiger partial charge in [-0.15, -0.1) is 0 Å². The molecule has 0 amide bonds. The number of benzene rings is 1. The monoisotopic (exact) mass is 178 g/mol. The van der Waals surface area contributed by atoms with Crippen molar-refractivity contribution >= 4 is 0 Å². The first-order chi connectivity index (χ1) is 6.29. The van der Waals surface area contributed by atoms with Crippen LogP contribution in [0.25, 0.3) is 0 Å². The van der Waals surface area contributed by atoms with E-state index in [0.29, 0.717) is 6.54 Å². The highest BCUT2D eigenvalue weighted by molar-refractivity contribution is 5.13. The number of rotatable bonds is 4. The van der Waals surface area contributed by atoms with E-state index in [1.807, 2.05) is 37.3 Å². The van der Waals surface area contributed by atoms with E-state index in [1.165, 1.54) is 0 Å². The molecule has 1 unspecified atom stereocenters. The fourth-order valence-electron chi connectivity index (χ4n) is 0.832. The van der Waals surface area contributed by atoms with Crippen molar-refractivity contribution in [3.05, 3.63) is 35.9 Å². The molecule has 0 fully saturated rings. The van der Waals surface area contributed by atoms with Crippen molar-refractivity contribution in [3.63, 3.8) is 0 Å². The van der Waals surface area contributed by atoms with Crippen LogP contribution in [-0.2, 0) is 6.54 Å². The van der Waals surface area contributed by atoms with Crippen LogP contribution in [0.15, 0.2) is 40.7 Å². The van der Waals surface area contributed by atoms with Crippen LogP contribution in [0.3, 0.4) is 0 Å². The summed E-state index contributed by atoms with van der Waals surface area (Å²) in [7, 11) is 0. The highest BCUT2D eigenvalue weighted by atomic mass is 15.4. The van der Waals surface area contributed by atoms with Gasteiger partial charge in [-0.2, -0.15) is 5.11 Å². The minimum Gasteiger partial charge on any atom is -0.310 e. The van der Waals surface area contributed by atoms with Crippen LogP contribution in [0.5, 0.6) is 0 Å². The summed E-state index contributed by atoms with van der Waals surface area (Å²) in [5, 5.41) is 7.63. The Morgan fingerprint density at radius 1 is 1.38 bits per heavy atom. The Balaban J connectivity index is 2.31. The number of nitrogens with one attached hydrogen (secondary N) is 1. The lowest BCUT2D eigenvalue weighted by atomic mass is 10.2. The second kappa shape index (κ2) is 5.27. The molecule has 3 N–H and O–H groups in total. The standard InChI is InChI=1S/C9H14N4/c1-8(10)12-13-11-7-9-5-3-2-4-6-9/h2-6,8H,7,10H2,1H3,(H,11,12). The summed E-state index contributed by atoms with van der Waals surface area (Å²) < 4.78 is 0. The van der Waals surface area contributed by atoms with Crippen molar-refractivity contribution in [3.8, 4) is 0 Å². The number of hydrogen-bond donors (Lipinski definition) is 2. The zero-order valence-electron chi connectivity index (χ0n) is 7.64. The average molecular weight is 178 g/mol. The van der Waals surface area contributed by atoms with Gasteiger partial charge in [0, 0.05) is 0 Å². The molecule has 0 saturated carbocycles. The minimum absolute atomic E-state index is 0.153. The maximum Gasteiger partial charge on any atom is 0.0897 e. The Labute approximate surface area is 77.8 Å². The lowest BCUT2D eigenvalue weighted by molar-refractivity contribution is 0.558. The highest BCUT2D eigenvalue weighted by Gasteiger charge is 1.88. The molecule has 0 spiro atoms. The molecule has 0 saturated heterocycles. The third-order valence-corrected chi connectivity index (χ3v) is 1.43. The van der Waals surface area contributed by atoms with Crippen LogP contribution >= 0.6 is 0 Å². The molecule has 1 aromatic carbocycles. The fourth-order valence-corrected chi connectivity index (χ4v) is 0.832. The van der Waals surface area contributed by atoms with Gasteiger partial charge in [0.25, 0.3) is 0 Å². The number of nitrogens with two attached hydrogens (primary N) is 1. The number of hydrogen-bond acceptors (Lipinski definition) is 3. The zero-order valence-corrected chi connectivity index (χ0v) is 7.64. The lowest BCUT2D eigenvalue weighted by Gasteiger charge is -2.00. The van der Waals surface area contributed by atoms with Crippen molar-refractivity contribution in [1.29, 1.82) is 0 Å². The van der Waals surface area contributed by atoms with E-state index in [9.17, 15) is 0 Å². The van der Waals surface area contributed by atoms with Crippen LogP contribution in [-0.4, -0.2) is 6.17 Å². The first-order valence-electron chi connectivity index (χ1n) is 4.20. The maximum atomic E-state index is 5.41. The van der Waals surface area contributed by atoms with Crippen molar-refractivity contribution < 1.29 is 0 Å². The normalized spacial score (nSPS) is 13.1. The SMILES string of the molecule is CC(N)NN=NCc1ccccc1. The van der Waals surface area contributed by atoms with Gasteiger partial charge in [-0.05, 0) is 12.5 Å². The summed E-state index contributed by atoms with van der Waals surface area (Å²) in [5.74, 6) is 0. The fraction of sp³-hybridized carbons (Fsp3) is 0.333. The van der Waals surface area contributed by atoms with Crippen molar-refractivity contribution in [1.82, 2.24) is 5.43 Å². The average Bonchev–Trinajstić information content (AvgIpc) is 2.14. The Morgan fingerprint density at radius 2 is 2.08 bits per heavy atom. The van der Waals surface area contributed by atoms with Gasteiger partial charge in [0.05, 0.1) is 12.7 Å². The Morgan fingerprint density at radius 3 is 2.69 bits per heavy atom. The molecule has 1 atom stereocenters. The molecule has 0 heterocycles. The third-order valence-electron chi connectivity index (χ3n) is 1.43. The molecule has 1 rings (SSSR count). The number of nitrogens with zero attached hydrogens (tertiary/aromatic N) is 2. The van der Waals surface area contributed by atoms with E-state index in [2.05, 4.69) is 15.8 Å². The maximum absolute atomic E-state index is 5.41. The van der Waals surface area contributed by atoms with Gasteiger partial charge in [0.2, 0.25) is 0 Å². The van der Waals surface area contributed by atoms with Crippen LogP contribution < -0.4 is 11.2 Å². The summed E-state index contributed by atoms with van der Waals surface area (Å²) in [6.45, 7) is 2.39. The smallest absolute Gasteiger partial charge is 0.0897 e. The van der Waals surface area contributed by atoms with Crippen molar-refractivity contribution in [2.24, 2.45) is 16.1 Å². The quantitative estimate of drug-likeness (QED) is 0.416. The molecule has 0 aromatic heterocycles. The molecule has 1 aromatic rings. The van der Waals surface area contributed by atoms with Crippen molar-refractivity contribution in [2.45, 2.75) is 19.6 Å². The van der Waals surface area contributed by atoms with Gasteiger partial charge in [-0.1, -0.05) is 35.6 Å². The van der Waals surface area contributed by atoms with Crippen LogP contribution in [0.2, 0.25) is 0 Å². The van der Waals surface area contributed by atoms with Crippen LogP contribution in [0.4, 0.5) is 0 Å².